The molecule has 102 valence electrons. The van der Waals surface area contributed by atoms with Crippen LogP contribution in [0.4, 0.5) is 0 Å². The Labute approximate surface area is 123 Å². The summed E-state index contributed by atoms with van der Waals surface area (Å²) in [5.41, 5.74) is 1.55. The Kier molecular flexibility index (Phi) is 3.15. The number of nitrogens with zero attached hydrogens (tertiary/aromatic N) is 3. The predicted molar refractivity (Wildman–Crippen MR) is 79.3 cm³/mol. The van der Waals surface area contributed by atoms with Crippen molar-refractivity contribution in [3.8, 4) is 33.0 Å². The Balaban J connectivity index is 1.95. The van der Waals surface area contributed by atoms with Crippen LogP contribution in [-0.2, 0) is 0 Å². The van der Waals surface area contributed by atoms with Crippen LogP contribution in [-0.4, -0.2) is 25.2 Å². The summed E-state index contributed by atoms with van der Waals surface area (Å²) < 4.78 is 0. The van der Waals surface area contributed by atoms with Crippen molar-refractivity contribution in [2.45, 2.75) is 13.8 Å². The van der Waals surface area contributed by atoms with Gasteiger partial charge in [-0.05, 0) is 26.0 Å². The van der Waals surface area contributed by atoms with Gasteiger partial charge in [-0.3, -0.25) is 4.98 Å². The van der Waals surface area contributed by atoms with E-state index in [9.17, 15) is 10.2 Å². The average Bonchev–Trinajstić information content (AvgIpc) is 2.94. The molecule has 0 aromatic carbocycles. The molecule has 0 saturated carbocycles. The fraction of sp³-hybridized carbons (Fsp3) is 0.154. The number of thiazole rings is 2. The Morgan fingerprint density at radius 3 is 1.95 bits per heavy atom. The van der Waals surface area contributed by atoms with Gasteiger partial charge in [-0.15, -0.1) is 22.7 Å². The maximum absolute atomic E-state index is 9.51. The summed E-state index contributed by atoms with van der Waals surface area (Å²) in [6.45, 7) is 3.63. The number of rotatable bonds is 2. The predicted octanol–water partition coefficient (Wildman–Crippen LogP) is 3.36. The number of aromatic nitrogens is 3. The van der Waals surface area contributed by atoms with E-state index in [-0.39, 0.29) is 11.8 Å². The smallest absolute Gasteiger partial charge is 0.225 e. The first kappa shape index (κ1) is 13.0. The summed E-state index contributed by atoms with van der Waals surface area (Å²) in [5, 5.41) is 20.4. The van der Waals surface area contributed by atoms with Gasteiger partial charge in [0.2, 0.25) is 11.8 Å². The van der Waals surface area contributed by atoms with Crippen LogP contribution >= 0.6 is 22.7 Å². The fourth-order valence-corrected chi connectivity index (χ4v) is 3.24. The lowest BCUT2D eigenvalue weighted by molar-refractivity contribution is 0.453. The minimum absolute atomic E-state index is 0.0522. The molecule has 0 fully saturated rings. The summed E-state index contributed by atoms with van der Waals surface area (Å²) in [6, 6.07) is 3.72. The Hall–Kier alpha value is -1.99. The molecule has 0 spiro atoms. The molecule has 0 atom stereocenters. The van der Waals surface area contributed by atoms with Crippen molar-refractivity contribution in [1.29, 1.82) is 0 Å². The van der Waals surface area contributed by atoms with E-state index in [1.54, 1.807) is 6.20 Å². The molecule has 0 aliphatic carbocycles. The highest BCUT2D eigenvalue weighted by molar-refractivity contribution is 7.15. The standard InChI is InChI=1S/C13H11N3O2S2/c1-6-10(17)15-12(19-6)8-3-4-9(14-5-8)13-16-11(18)7(2)20-13/h3-5,17-18H,1-2H3. The van der Waals surface area contributed by atoms with E-state index >= 15 is 0 Å². The van der Waals surface area contributed by atoms with Crippen molar-refractivity contribution in [2.75, 3.05) is 0 Å². The zero-order chi connectivity index (χ0) is 14.3. The highest BCUT2D eigenvalue weighted by Crippen LogP contribution is 2.33. The third-order valence-corrected chi connectivity index (χ3v) is 4.77. The molecule has 5 nitrogen and oxygen atoms in total. The zero-order valence-corrected chi connectivity index (χ0v) is 12.4. The second kappa shape index (κ2) is 4.84. The number of aromatic hydroxyl groups is 2. The van der Waals surface area contributed by atoms with E-state index in [1.165, 1.54) is 22.7 Å². The Morgan fingerprint density at radius 1 is 0.900 bits per heavy atom. The average molecular weight is 305 g/mol. The molecule has 0 aliphatic heterocycles. The molecule has 3 aromatic rings. The van der Waals surface area contributed by atoms with E-state index < -0.39 is 0 Å². The Bertz CT molecular complexity index is 658. The lowest BCUT2D eigenvalue weighted by Crippen LogP contribution is -1.83. The van der Waals surface area contributed by atoms with Crippen molar-refractivity contribution in [3.05, 3.63) is 28.1 Å². The maximum Gasteiger partial charge on any atom is 0.225 e. The third kappa shape index (κ3) is 2.25. The van der Waals surface area contributed by atoms with Gasteiger partial charge in [-0.25, -0.2) is 4.98 Å². The summed E-state index contributed by atoms with van der Waals surface area (Å²) in [5.74, 6) is 0.117. The second-order valence-electron chi connectivity index (χ2n) is 4.23. The Morgan fingerprint density at radius 2 is 1.50 bits per heavy atom. The first-order valence-electron chi connectivity index (χ1n) is 5.84. The molecule has 2 N–H and O–H groups in total. The van der Waals surface area contributed by atoms with Crippen LogP contribution in [0.1, 0.15) is 9.75 Å². The van der Waals surface area contributed by atoms with E-state index in [0.717, 1.165) is 20.3 Å². The fourth-order valence-electron chi connectivity index (χ4n) is 1.66. The molecule has 0 unspecified atom stereocenters. The molecule has 3 heterocycles. The van der Waals surface area contributed by atoms with Crippen LogP contribution in [0.5, 0.6) is 11.8 Å². The molecule has 20 heavy (non-hydrogen) atoms. The van der Waals surface area contributed by atoms with Crippen LogP contribution in [0.2, 0.25) is 0 Å². The van der Waals surface area contributed by atoms with Gasteiger partial charge in [-0.2, -0.15) is 4.98 Å². The SMILES string of the molecule is Cc1sc(-c2ccc(-c3nc(O)c(C)s3)nc2)nc1O. The van der Waals surface area contributed by atoms with Crippen LogP contribution in [0.15, 0.2) is 18.3 Å². The molecular weight excluding hydrogens is 294 g/mol. The normalized spacial score (nSPS) is 10.9. The highest BCUT2D eigenvalue weighted by atomic mass is 32.1. The summed E-state index contributed by atoms with van der Waals surface area (Å²) >= 11 is 2.82. The van der Waals surface area contributed by atoms with Crippen molar-refractivity contribution in [2.24, 2.45) is 0 Å². The van der Waals surface area contributed by atoms with E-state index in [1.807, 2.05) is 26.0 Å². The van der Waals surface area contributed by atoms with Crippen LogP contribution in [0, 0.1) is 13.8 Å². The van der Waals surface area contributed by atoms with Crippen molar-refractivity contribution < 1.29 is 10.2 Å². The number of hydrogen-bond acceptors (Lipinski definition) is 7. The number of aryl methyl sites for hydroxylation is 2. The van der Waals surface area contributed by atoms with Gasteiger partial charge in [0.1, 0.15) is 10.0 Å². The summed E-state index contributed by atoms with van der Waals surface area (Å²) in [7, 11) is 0. The minimum Gasteiger partial charge on any atom is -0.492 e. The topological polar surface area (TPSA) is 79.1 Å². The third-order valence-electron chi connectivity index (χ3n) is 2.77. The van der Waals surface area contributed by atoms with Gasteiger partial charge in [0, 0.05) is 11.8 Å². The summed E-state index contributed by atoms with van der Waals surface area (Å²) in [4.78, 5) is 14.0. The first-order valence-corrected chi connectivity index (χ1v) is 7.47. The zero-order valence-electron chi connectivity index (χ0n) is 10.8. The van der Waals surface area contributed by atoms with Gasteiger partial charge >= 0.3 is 0 Å². The monoisotopic (exact) mass is 305 g/mol. The molecule has 0 saturated heterocycles. The van der Waals surface area contributed by atoms with E-state index in [2.05, 4.69) is 15.0 Å². The molecule has 3 rings (SSSR count). The molecule has 7 heteroatoms. The van der Waals surface area contributed by atoms with Gasteiger partial charge in [0.25, 0.3) is 0 Å². The van der Waals surface area contributed by atoms with Gasteiger partial charge < -0.3 is 10.2 Å². The summed E-state index contributed by atoms with van der Waals surface area (Å²) in [6.07, 6.45) is 1.70. The molecule has 3 aromatic heterocycles. The molecule has 0 amide bonds. The largest absolute Gasteiger partial charge is 0.492 e. The quantitative estimate of drug-likeness (QED) is 0.759. The number of pyridine rings is 1. The molecule has 0 radical (unpaired) electrons. The maximum atomic E-state index is 9.51. The lowest BCUT2D eigenvalue weighted by Gasteiger charge is -1.97. The molecule has 0 aliphatic rings. The lowest BCUT2D eigenvalue weighted by atomic mass is 10.2. The highest BCUT2D eigenvalue weighted by Gasteiger charge is 2.11. The minimum atomic E-state index is 0.0522. The van der Waals surface area contributed by atoms with Crippen LogP contribution in [0.3, 0.4) is 0 Å². The second-order valence-corrected chi connectivity index (χ2v) is 6.64. The van der Waals surface area contributed by atoms with Crippen molar-refractivity contribution in [1.82, 2.24) is 15.0 Å². The molecule has 0 bridgehead atoms. The van der Waals surface area contributed by atoms with Gasteiger partial charge in [0.05, 0.1) is 15.4 Å². The van der Waals surface area contributed by atoms with Gasteiger partial charge in [-0.1, -0.05) is 0 Å². The van der Waals surface area contributed by atoms with Crippen molar-refractivity contribution >= 4 is 22.7 Å². The van der Waals surface area contributed by atoms with Crippen LogP contribution in [0.25, 0.3) is 21.3 Å². The van der Waals surface area contributed by atoms with E-state index in [4.69, 9.17) is 0 Å². The van der Waals surface area contributed by atoms with E-state index in [0.29, 0.717) is 10.7 Å². The number of hydrogen-bond donors (Lipinski definition) is 2. The molecular formula is C13H11N3O2S2. The van der Waals surface area contributed by atoms with Gasteiger partial charge in [0.15, 0.2) is 0 Å². The van der Waals surface area contributed by atoms with Crippen LogP contribution < -0.4 is 0 Å². The first-order chi connectivity index (χ1) is 9.54. The van der Waals surface area contributed by atoms with Crippen molar-refractivity contribution in [3.63, 3.8) is 0 Å².